The molecule has 2 aliphatic heterocycles. The van der Waals surface area contributed by atoms with Crippen molar-refractivity contribution in [2.45, 2.75) is 25.8 Å². The molecule has 1 unspecified atom stereocenters. The average molecular weight is 314 g/mol. The highest BCUT2D eigenvalue weighted by molar-refractivity contribution is 5.46. The third-order valence-electron chi connectivity index (χ3n) is 5.31. The van der Waals surface area contributed by atoms with Gasteiger partial charge in [-0.1, -0.05) is 6.92 Å². The smallest absolute Gasteiger partial charge is 0.153 e. The molecule has 4 heterocycles. The van der Waals surface area contributed by atoms with E-state index in [1.54, 1.807) is 6.20 Å². The van der Waals surface area contributed by atoms with E-state index in [-0.39, 0.29) is 0 Å². The van der Waals surface area contributed by atoms with Crippen molar-refractivity contribution < 1.29 is 0 Å². The van der Waals surface area contributed by atoms with Gasteiger partial charge in [0.1, 0.15) is 5.82 Å². The maximum atomic E-state index is 4.67. The minimum absolute atomic E-state index is 0.770. The summed E-state index contributed by atoms with van der Waals surface area (Å²) in [4.78, 5) is 11.9. The van der Waals surface area contributed by atoms with Gasteiger partial charge in [-0.15, -0.1) is 5.10 Å². The summed E-state index contributed by atoms with van der Waals surface area (Å²) in [6, 6.07) is 4.91. The fourth-order valence-electron chi connectivity index (χ4n) is 3.95. The van der Waals surface area contributed by atoms with Gasteiger partial charge < -0.3 is 4.90 Å². The van der Waals surface area contributed by atoms with E-state index in [2.05, 4.69) is 37.8 Å². The van der Waals surface area contributed by atoms with E-state index in [0.29, 0.717) is 0 Å². The van der Waals surface area contributed by atoms with Crippen LogP contribution in [0.25, 0.3) is 5.65 Å². The molecule has 1 atom stereocenters. The van der Waals surface area contributed by atoms with Gasteiger partial charge in [-0.2, -0.15) is 0 Å². The van der Waals surface area contributed by atoms with Crippen LogP contribution in [0, 0.1) is 0 Å². The Kier molecular flexibility index (Phi) is 4.18. The number of fused-ring (bicyclic) bond motifs is 1. The van der Waals surface area contributed by atoms with E-state index < -0.39 is 0 Å². The number of imidazole rings is 1. The fraction of sp³-hybridized carbons (Fsp3) is 0.647. The van der Waals surface area contributed by atoms with Crippen molar-refractivity contribution in [1.29, 1.82) is 0 Å². The normalized spacial score (nSPS) is 23.9. The van der Waals surface area contributed by atoms with E-state index in [4.69, 9.17) is 0 Å². The topological polar surface area (TPSA) is 39.9 Å². The summed E-state index contributed by atoms with van der Waals surface area (Å²) in [5.74, 6) is 1.06. The van der Waals surface area contributed by atoms with Crippen molar-refractivity contribution in [2.75, 3.05) is 50.7 Å². The highest BCUT2D eigenvalue weighted by Gasteiger charge is 2.27. The number of rotatable bonds is 4. The standard InChI is InChI=1S/C17H26N6/c1-2-21-8-3-4-15(21)14-20-10-12-22(13-11-20)17-6-5-16-18-7-9-23(16)19-17/h5-7,9,15H,2-4,8,10-14H2,1H3. The first-order valence-corrected chi connectivity index (χ1v) is 8.85. The second-order valence-electron chi connectivity index (χ2n) is 6.63. The number of likely N-dealkylation sites (tertiary alicyclic amines) is 1. The van der Waals surface area contributed by atoms with Gasteiger partial charge in [0.15, 0.2) is 5.65 Å². The maximum absolute atomic E-state index is 4.67. The van der Waals surface area contributed by atoms with E-state index >= 15 is 0 Å². The lowest BCUT2D eigenvalue weighted by molar-refractivity contribution is 0.170. The Morgan fingerprint density at radius 1 is 1.13 bits per heavy atom. The molecule has 6 nitrogen and oxygen atoms in total. The quantitative estimate of drug-likeness (QED) is 0.851. The van der Waals surface area contributed by atoms with Gasteiger partial charge in [0.2, 0.25) is 0 Å². The van der Waals surface area contributed by atoms with E-state index in [0.717, 1.165) is 43.7 Å². The molecule has 0 aromatic carbocycles. The summed E-state index contributed by atoms with van der Waals surface area (Å²) in [5, 5.41) is 4.67. The third kappa shape index (κ3) is 3.05. The Balaban J connectivity index is 1.35. The minimum atomic E-state index is 0.770. The molecule has 124 valence electrons. The summed E-state index contributed by atoms with van der Waals surface area (Å²) < 4.78 is 1.86. The summed E-state index contributed by atoms with van der Waals surface area (Å²) in [5.41, 5.74) is 0.910. The van der Waals surface area contributed by atoms with Crippen molar-refractivity contribution in [1.82, 2.24) is 24.4 Å². The molecule has 0 radical (unpaired) electrons. The first-order valence-electron chi connectivity index (χ1n) is 8.85. The Morgan fingerprint density at radius 2 is 2.00 bits per heavy atom. The van der Waals surface area contributed by atoms with Crippen LogP contribution in [0.15, 0.2) is 24.5 Å². The molecular formula is C17H26N6. The zero-order chi connectivity index (χ0) is 15.6. The Hall–Kier alpha value is -1.66. The van der Waals surface area contributed by atoms with Crippen molar-refractivity contribution in [3.63, 3.8) is 0 Å². The van der Waals surface area contributed by atoms with Crippen LogP contribution in [0.1, 0.15) is 19.8 Å². The first kappa shape index (κ1) is 14.9. The number of aromatic nitrogens is 3. The predicted octanol–water partition coefficient (Wildman–Crippen LogP) is 1.34. The van der Waals surface area contributed by atoms with Crippen molar-refractivity contribution in [3.05, 3.63) is 24.5 Å². The van der Waals surface area contributed by atoms with Gasteiger partial charge in [0.25, 0.3) is 0 Å². The van der Waals surface area contributed by atoms with Crippen LogP contribution in [-0.4, -0.2) is 76.3 Å². The third-order valence-corrected chi connectivity index (χ3v) is 5.31. The number of piperazine rings is 1. The van der Waals surface area contributed by atoms with E-state index in [1.165, 1.54) is 32.5 Å². The van der Waals surface area contributed by atoms with E-state index in [9.17, 15) is 0 Å². The van der Waals surface area contributed by atoms with Crippen LogP contribution in [0.2, 0.25) is 0 Å². The van der Waals surface area contributed by atoms with Crippen LogP contribution in [0.3, 0.4) is 0 Å². The van der Waals surface area contributed by atoms with Crippen LogP contribution in [-0.2, 0) is 0 Å². The average Bonchev–Trinajstić information content (AvgIpc) is 3.23. The molecule has 0 N–H and O–H groups in total. The second-order valence-corrected chi connectivity index (χ2v) is 6.63. The molecule has 0 amide bonds. The summed E-state index contributed by atoms with van der Waals surface area (Å²) >= 11 is 0. The molecule has 4 rings (SSSR count). The Morgan fingerprint density at radius 3 is 2.83 bits per heavy atom. The summed E-state index contributed by atoms with van der Waals surface area (Å²) in [6.07, 6.45) is 6.44. The molecule has 0 bridgehead atoms. The van der Waals surface area contributed by atoms with Gasteiger partial charge in [-0.25, -0.2) is 9.50 Å². The number of hydrogen-bond acceptors (Lipinski definition) is 5. The summed E-state index contributed by atoms with van der Waals surface area (Å²) in [6.45, 7) is 10.4. The molecule has 2 aromatic heterocycles. The molecule has 2 aromatic rings. The molecule has 0 spiro atoms. The highest BCUT2D eigenvalue weighted by atomic mass is 15.4. The molecule has 0 saturated carbocycles. The van der Waals surface area contributed by atoms with Gasteiger partial charge in [-0.3, -0.25) is 9.80 Å². The molecular weight excluding hydrogens is 288 g/mol. The van der Waals surface area contributed by atoms with Crippen LogP contribution >= 0.6 is 0 Å². The molecule has 6 heteroatoms. The van der Waals surface area contributed by atoms with Crippen LogP contribution < -0.4 is 4.90 Å². The van der Waals surface area contributed by atoms with Crippen LogP contribution in [0.4, 0.5) is 5.82 Å². The largest absolute Gasteiger partial charge is 0.353 e. The molecule has 2 saturated heterocycles. The molecule has 2 fully saturated rings. The zero-order valence-corrected chi connectivity index (χ0v) is 13.9. The summed E-state index contributed by atoms with van der Waals surface area (Å²) in [7, 11) is 0. The van der Waals surface area contributed by atoms with Crippen molar-refractivity contribution in [2.24, 2.45) is 0 Å². The SMILES string of the molecule is CCN1CCCC1CN1CCN(c2ccc3nccn3n2)CC1. The number of anilines is 1. The van der Waals surface area contributed by atoms with Gasteiger partial charge in [0.05, 0.1) is 0 Å². The molecule has 0 aliphatic carbocycles. The number of nitrogens with zero attached hydrogens (tertiary/aromatic N) is 6. The molecule has 23 heavy (non-hydrogen) atoms. The second kappa shape index (κ2) is 6.45. The van der Waals surface area contributed by atoms with Crippen molar-refractivity contribution in [3.8, 4) is 0 Å². The van der Waals surface area contributed by atoms with Gasteiger partial charge in [-0.05, 0) is 38.1 Å². The molecule has 2 aliphatic rings. The Bertz CT molecular complexity index is 645. The number of hydrogen-bond donors (Lipinski definition) is 0. The lowest BCUT2D eigenvalue weighted by atomic mass is 10.2. The predicted molar refractivity (Wildman–Crippen MR) is 91.9 cm³/mol. The lowest BCUT2D eigenvalue weighted by Gasteiger charge is -2.37. The first-order chi connectivity index (χ1) is 11.3. The zero-order valence-electron chi connectivity index (χ0n) is 13.9. The number of likely N-dealkylation sites (N-methyl/N-ethyl adjacent to an activating group) is 1. The maximum Gasteiger partial charge on any atom is 0.153 e. The van der Waals surface area contributed by atoms with Gasteiger partial charge in [0, 0.05) is 51.2 Å². The van der Waals surface area contributed by atoms with Crippen LogP contribution in [0.5, 0.6) is 0 Å². The lowest BCUT2D eigenvalue weighted by Crippen LogP contribution is -2.50. The fourth-order valence-corrected chi connectivity index (χ4v) is 3.95. The van der Waals surface area contributed by atoms with E-state index in [1.807, 2.05) is 16.8 Å². The Labute approximate surface area is 137 Å². The monoisotopic (exact) mass is 314 g/mol. The minimum Gasteiger partial charge on any atom is -0.353 e. The van der Waals surface area contributed by atoms with Crippen molar-refractivity contribution >= 4 is 11.5 Å². The highest BCUT2D eigenvalue weighted by Crippen LogP contribution is 2.19. The van der Waals surface area contributed by atoms with Gasteiger partial charge >= 0.3 is 0 Å².